The molecular weight excluding hydrogens is 228 g/mol. The first-order valence-electron chi connectivity index (χ1n) is 6.14. The van der Waals surface area contributed by atoms with Crippen molar-refractivity contribution in [1.82, 2.24) is 4.98 Å². The monoisotopic (exact) mass is 250 g/mol. The van der Waals surface area contributed by atoms with E-state index < -0.39 is 5.91 Å². The molecule has 5 heteroatoms. The molecule has 0 bridgehead atoms. The third-order valence-corrected chi connectivity index (χ3v) is 2.61. The number of aromatic nitrogens is 1. The third kappa shape index (κ3) is 3.35. The maximum Gasteiger partial charge on any atom is 0.252 e. The number of primary amides is 1. The number of hydrogen-bond donors (Lipinski definition) is 2. The Morgan fingerprint density at radius 2 is 2.00 bits per heavy atom. The van der Waals surface area contributed by atoms with E-state index >= 15 is 0 Å². The summed E-state index contributed by atoms with van der Waals surface area (Å²) in [5, 5.41) is 0. The van der Waals surface area contributed by atoms with Crippen LogP contribution in [-0.2, 0) is 0 Å². The highest BCUT2D eigenvalue weighted by Gasteiger charge is 2.20. The fraction of sp³-hybridized carbons (Fsp3) is 0.538. The lowest BCUT2D eigenvalue weighted by molar-refractivity contribution is 0.100. The fourth-order valence-electron chi connectivity index (χ4n) is 1.82. The molecule has 1 aromatic rings. The van der Waals surface area contributed by atoms with E-state index in [9.17, 15) is 4.79 Å². The number of nitrogens with two attached hydrogens (primary N) is 2. The van der Waals surface area contributed by atoms with Crippen molar-refractivity contribution in [2.24, 2.45) is 11.7 Å². The van der Waals surface area contributed by atoms with Crippen molar-refractivity contribution >= 4 is 17.4 Å². The Balaban J connectivity index is 3.22. The number of pyridine rings is 1. The molecule has 1 aromatic heterocycles. The molecule has 0 unspecified atom stereocenters. The van der Waals surface area contributed by atoms with Gasteiger partial charge >= 0.3 is 0 Å². The highest BCUT2D eigenvalue weighted by molar-refractivity contribution is 5.98. The van der Waals surface area contributed by atoms with E-state index in [0.29, 0.717) is 23.0 Å². The molecule has 5 nitrogen and oxygen atoms in total. The molecule has 100 valence electrons. The average molecular weight is 250 g/mol. The van der Waals surface area contributed by atoms with Gasteiger partial charge in [0.15, 0.2) is 0 Å². The van der Waals surface area contributed by atoms with Crippen LogP contribution in [0, 0.1) is 5.92 Å². The Morgan fingerprint density at radius 3 is 2.44 bits per heavy atom. The van der Waals surface area contributed by atoms with Crippen LogP contribution in [0.2, 0.25) is 0 Å². The van der Waals surface area contributed by atoms with Crippen LogP contribution in [0.5, 0.6) is 0 Å². The zero-order chi connectivity index (χ0) is 13.9. The van der Waals surface area contributed by atoms with Crippen molar-refractivity contribution in [3.05, 3.63) is 17.8 Å². The highest BCUT2D eigenvalue weighted by Crippen LogP contribution is 2.22. The maximum absolute atomic E-state index is 11.5. The molecule has 0 aliphatic heterocycles. The molecule has 18 heavy (non-hydrogen) atoms. The Labute approximate surface area is 108 Å². The molecule has 0 aliphatic rings. The topological polar surface area (TPSA) is 85.2 Å². The van der Waals surface area contributed by atoms with Crippen molar-refractivity contribution in [1.29, 1.82) is 0 Å². The van der Waals surface area contributed by atoms with Gasteiger partial charge in [-0.3, -0.25) is 4.79 Å². The number of nitrogens with zero attached hydrogens (tertiary/aromatic N) is 2. The molecule has 0 radical (unpaired) electrons. The van der Waals surface area contributed by atoms with Crippen molar-refractivity contribution in [2.45, 2.75) is 33.7 Å². The SMILES string of the molecule is CC(C)CN(c1ncc(N)cc1C(N)=O)C(C)C. The lowest BCUT2D eigenvalue weighted by atomic mass is 10.1. The van der Waals surface area contributed by atoms with Crippen molar-refractivity contribution in [3.63, 3.8) is 0 Å². The fourth-order valence-corrected chi connectivity index (χ4v) is 1.82. The van der Waals surface area contributed by atoms with Crippen LogP contribution in [-0.4, -0.2) is 23.5 Å². The smallest absolute Gasteiger partial charge is 0.252 e. The quantitative estimate of drug-likeness (QED) is 0.831. The number of rotatable bonds is 5. The summed E-state index contributed by atoms with van der Waals surface area (Å²) in [5.41, 5.74) is 11.9. The lowest BCUT2D eigenvalue weighted by Gasteiger charge is -2.30. The zero-order valence-corrected chi connectivity index (χ0v) is 11.5. The average Bonchev–Trinajstić information content (AvgIpc) is 2.25. The van der Waals surface area contributed by atoms with Crippen LogP contribution in [0.15, 0.2) is 12.3 Å². The number of amides is 1. The standard InChI is InChI=1S/C13H22N4O/c1-8(2)7-17(9(3)4)13-11(12(15)18)5-10(14)6-16-13/h5-6,8-9H,7,14H2,1-4H3,(H2,15,18). The summed E-state index contributed by atoms with van der Waals surface area (Å²) in [6.45, 7) is 9.18. The number of nitrogen functional groups attached to an aromatic ring is 1. The van der Waals surface area contributed by atoms with Gasteiger partial charge in [0.2, 0.25) is 0 Å². The van der Waals surface area contributed by atoms with Gasteiger partial charge in [0.25, 0.3) is 5.91 Å². The summed E-state index contributed by atoms with van der Waals surface area (Å²) in [4.78, 5) is 17.8. The molecule has 0 fully saturated rings. The van der Waals surface area contributed by atoms with Gasteiger partial charge in [0.05, 0.1) is 17.4 Å². The van der Waals surface area contributed by atoms with E-state index in [1.165, 1.54) is 0 Å². The summed E-state index contributed by atoms with van der Waals surface area (Å²) >= 11 is 0. The van der Waals surface area contributed by atoms with Gasteiger partial charge in [0.1, 0.15) is 5.82 Å². The van der Waals surface area contributed by atoms with Crippen molar-refractivity contribution in [2.75, 3.05) is 17.2 Å². The molecule has 0 saturated carbocycles. The Morgan fingerprint density at radius 1 is 1.39 bits per heavy atom. The number of carbonyl (C=O) groups is 1. The first-order valence-corrected chi connectivity index (χ1v) is 6.14. The van der Waals surface area contributed by atoms with Crippen LogP contribution in [0.25, 0.3) is 0 Å². The van der Waals surface area contributed by atoms with Gasteiger partial charge in [-0.15, -0.1) is 0 Å². The minimum Gasteiger partial charge on any atom is -0.397 e. The zero-order valence-electron chi connectivity index (χ0n) is 11.5. The molecule has 0 aromatic carbocycles. The Kier molecular flexibility index (Phi) is 4.53. The van der Waals surface area contributed by atoms with Gasteiger partial charge in [0, 0.05) is 12.6 Å². The van der Waals surface area contributed by atoms with E-state index in [0.717, 1.165) is 6.54 Å². The van der Waals surface area contributed by atoms with Crippen LogP contribution < -0.4 is 16.4 Å². The summed E-state index contributed by atoms with van der Waals surface area (Å²) in [7, 11) is 0. The molecular formula is C13H22N4O. The van der Waals surface area contributed by atoms with Crippen molar-refractivity contribution < 1.29 is 4.79 Å². The highest BCUT2D eigenvalue weighted by atomic mass is 16.1. The molecule has 0 aliphatic carbocycles. The van der Waals surface area contributed by atoms with Crippen LogP contribution in [0.4, 0.5) is 11.5 Å². The second kappa shape index (κ2) is 5.71. The minimum absolute atomic E-state index is 0.238. The normalized spacial score (nSPS) is 11.0. The summed E-state index contributed by atoms with van der Waals surface area (Å²) in [6.07, 6.45) is 1.55. The van der Waals surface area contributed by atoms with Gasteiger partial charge in [-0.25, -0.2) is 4.98 Å². The molecule has 4 N–H and O–H groups in total. The maximum atomic E-state index is 11.5. The molecule has 0 spiro atoms. The summed E-state index contributed by atoms with van der Waals surface area (Å²) in [6, 6.07) is 1.82. The van der Waals surface area contributed by atoms with Crippen LogP contribution in [0.1, 0.15) is 38.1 Å². The Bertz CT molecular complexity index is 429. The van der Waals surface area contributed by atoms with E-state index in [1.54, 1.807) is 12.3 Å². The second-order valence-electron chi connectivity index (χ2n) is 5.14. The van der Waals surface area contributed by atoms with E-state index in [1.807, 2.05) is 0 Å². The first kappa shape index (κ1) is 14.3. The minimum atomic E-state index is -0.501. The largest absolute Gasteiger partial charge is 0.397 e. The van der Waals surface area contributed by atoms with E-state index in [2.05, 4.69) is 37.6 Å². The Hall–Kier alpha value is -1.78. The molecule has 0 atom stereocenters. The third-order valence-electron chi connectivity index (χ3n) is 2.61. The van der Waals surface area contributed by atoms with Gasteiger partial charge in [-0.2, -0.15) is 0 Å². The molecule has 1 heterocycles. The number of anilines is 2. The molecule has 0 saturated heterocycles. The number of carbonyl (C=O) groups excluding carboxylic acids is 1. The second-order valence-corrected chi connectivity index (χ2v) is 5.14. The molecule has 1 amide bonds. The number of hydrogen-bond acceptors (Lipinski definition) is 4. The van der Waals surface area contributed by atoms with E-state index in [-0.39, 0.29) is 6.04 Å². The molecule has 1 rings (SSSR count). The predicted molar refractivity (Wildman–Crippen MR) is 74.5 cm³/mol. The van der Waals surface area contributed by atoms with Gasteiger partial charge in [-0.1, -0.05) is 13.8 Å². The summed E-state index contributed by atoms with van der Waals surface area (Å²) < 4.78 is 0. The van der Waals surface area contributed by atoms with Gasteiger partial charge < -0.3 is 16.4 Å². The van der Waals surface area contributed by atoms with Gasteiger partial charge in [-0.05, 0) is 25.8 Å². The van der Waals surface area contributed by atoms with Crippen LogP contribution in [0.3, 0.4) is 0 Å². The van der Waals surface area contributed by atoms with Crippen molar-refractivity contribution in [3.8, 4) is 0 Å². The summed E-state index contributed by atoms with van der Waals surface area (Å²) in [5.74, 6) is 0.576. The van der Waals surface area contributed by atoms with E-state index in [4.69, 9.17) is 11.5 Å². The predicted octanol–water partition coefficient (Wildman–Crippen LogP) is 1.63. The lowest BCUT2D eigenvalue weighted by Crippen LogP contribution is -2.36. The van der Waals surface area contributed by atoms with Crippen LogP contribution >= 0.6 is 0 Å². The first-order chi connectivity index (χ1) is 8.32.